The van der Waals surface area contributed by atoms with Gasteiger partial charge in [-0.05, 0) is 24.3 Å². The molecule has 1 aromatic carbocycles. The number of anilines is 1. The third-order valence-corrected chi connectivity index (χ3v) is 2.77. The zero-order valence-corrected chi connectivity index (χ0v) is 11.4. The minimum absolute atomic E-state index is 0.503. The van der Waals surface area contributed by atoms with Crippen molar-refractivity contribution in [2.75, 3.05) is 25.6 Å². The van der Waals surface area contributed by atoms with Crippen molar-refractivity contribution in [3.8, 4) is 11.5 Å². The molecule has 1 N–H and O–H groups in total. The Morgan fingerprint density at radius 2 is 2.16 bits per heavy atom. The molecule has 0 atom stereocenters. The van der Waals surface area contributed by atoms with Gasteiger partial charge in [0.2, 0.25) is 0 Å². The van der Waals surface area contributed by atoms with Gasteiger partial charge in [0.15, 0.2) is 0 Å². The molecule has 0 saturated carbocycles. The number of rotatable bonds is 6. The monoisotopic (exact) mass is 278 g/mol. The summed E-state index contributed by atoms with van der Waals surface area (Å²) in [5.74, 6) is 2.18. The molecular formula is C14H15ClN2O2. The standard InChI is InChI=1S/C14H15ClN2O2/c1-18-11-5-6-13(12(15)10-11)19-9-8-17-14-4-2-3-7-16-14/h2-7,10H,8-9H2,1H3,(H,16,17). The first-order chi connectivity index (χ1) is 9.29. The van der Waals surface area contributed by atoms with Gasteiger partial charge in [0.25, 0.3) is 0 Å². The van der Waals surface area contributed by atoms with E-state index in [1.165, 1.54) is 0 Å². The summed E-state index contributed by atoms with van der Waals surface area (Å²) in [4.78, 5) is 4.15. The van der Waals surface area contributed by atoms with Gasteiger partial charge in [-0.15, -0.1) is 0 Å². The van der Waals surface area contributed by atoms with Gasteiger partial charge in [0.1, 0.15) is 23.9 Å². The van der Waals surface area contributed by atoms with Crippen molar-refractivity contribution in [3.05, 3.63) is 47.6 Å². The highest BCUT2D eigenvalue weighted by atomic mass is 35.5. The number of nitrogens with zero attached hydrogens (tertiary/aromatic N) is 1. The van der Waals surface area contributed by atoms with Crippen LogP contribution >= 0.6 is 11.6 Å². The first kappa shape index (κ1) is 13.5. The van der Waals surface area contributed by atoms with Crippen molar-refractivity contribution in [2.24, 2.45) is 0 Å². The molecule has 2 aromatic rings. The van der Waals surface area contributed by atoms with E-state index in [1.807, 2.05) is 24.3 Å². The van der Waals surface area contributed by atoms with Crippen molar-refractivity contribution >= 4 is 17.4 Å². The first-order valence-corrected chi connectivity index (χ1v) is 6.28. The van der Waals surface area contributed by atoms with Crippen molar-refractivity contribution in [3.63, 3.8) is 0 Å². The number of benzene rings is 1. The van der Waals surface area contributed by atoms with Crippen LogP contribution in [0.2, 0.25) is 5.02 Å². The maximum Gasteiger partial charge on any atom is 0.138 e. The summed E-state index contributed by atoms with van der Waals surface area (Å²) < 4.78 is 10.7. The highest BCUT2D eigenvalue weighted by Gasteiger charge is 2.03. The Bertz CT molecular complexity index is 520. The fourth-order valence-electron chi connectivity index (χ4n) is 1.53. The van der Waals surface area contributed by atoms with E-state index >= 15 is 0 Å². The molecule has 0 unspecified atom stereocenters. The Labute approximate surface area is 117 Å². The maximum atomic E-state index is 6.07. The molecule has 0 amide bonds. The van der Waals surface area contributed by atoms with Gasteiger partial charge in [0, 0.05) is 12.3 Å². The molecule has 0 aliphatic rings. The van der Waals surface area contributed by atoms with Crippen LogP contribution in [0.25, 0.3) is 0 Å². The average Bonchev–Trinajstić information content (AvgIpc) is 2.46. The summed E-state index contributed by atoms with van der Waals surface area (Å²) in [5, 5.41) is 3.69. The van der Waals surface area contributed by atoms with Gasteiger partial charge in [-0.1, -0.05) is 17.7 Å². The molecule has 4 nitrogen and oxygen atoms in total. The topological polar surface area (TPSA) is 43.4 Å². The number of halogens is 1. The van der Waals surface area contributed by atoms with E-state index in [0.717, 1.165) is 5.82 Å². The summed E-state index contributed by atoms with van der Waals surface area (Å²) in [6, 6.07) is 11.0. The molecule has 0 bridgehead atoms. The first-order valence-electron chi connectivity index (χ1n) is 5.91. The highest BCUT2D eigenvalue weighted by Crippen LogP contribution is 2.28. The average molecular weight is 279 g/mol. The normalized spacial score (nSPS) is 10.0. The van der Waals surface area contributed by atoms with E-state index in [9.17, 15) is 0 Å². The molecule has 5 heteroatoms. The predicted octanol–water partition coefficient (Wildman–Crippen LogP) is 3.23. The predicted molar refractivity (Wildman–Crippen MR) is 76.2 cm³/mol. The van der Waals surface area contributed by atoms with Crippen LogP contribution in [-0.4, -0.2) is 25.2 Å². The summed E-state index contributed by atoms with van der Waals surface area (Å²) in [7, 11) is 1.60. The van der Waals surface area contributed by atoms with Crippen LogP contribution in [0.15, 0.2) is 42.6 Å². The molecule has 0 radical (unpaired) electrons. The molecule has 1 aromatic heterocycles. The summed E-state index contributed by atoms with van der Waals surface area (Å²) in [6.45, 7) is 1.15. The molecule has 0 saturated heterocycles. The Morgan fingerprint density at radius 1 is 1.26 bits per heavy atom. The largest absolute Gasteiger partial charge is 0.497 e. The van der Waals surface area contributed by atoms with Crippen LogP contribution in [0.5, 0.6) is 11.5 Å². The number of hydrogen-bond donors (Lipinski definition) is 1. The zero-order chi connectivity index (χ0) is 13.5. The Kier molecular flexibility index (Phi) is 4.86. The van der Waals surface area contributed by atoms with Crippen LogP contribution in [0.1, 0.15) is 0 Å². The number of methoxy groups -OCH3 is 1. The van der Waals surface area contributed by atoms with Crippen LogP contribution < -0.4 is 14.8 Å². The third kappa shape index (κ3) is 4.03. The van der Waals surface area contributed by atoms with E-state index in [1.54, 1.807) is 25.4 Å². The fourth-order valence-corrected chi connectivity index (χ4v) is 1.76. The van der Waals surface area contributed by atoms with Crippen LogP contribution in [0.4, 0.5) is 5.82 Å². The van der Waals surface area contributed by atoms with Gasteiger partial charge in [0.05, 0.1) is 18.7 Å². The zero-order valence-electron chi connectivity index (χ0n) is 10.6. The second-order valence-corrected chi connectivity index (χ2v) is 4.19. The lowest BCUT2D eigenvalue weighted by Crippen LogP contribution is -2.12. The SMILES string of the molecule is COc1ccc(OCCNc2ccccn2)c(Cl)c1. The van der Waals surface area contributed by atoms with Crippen molar-refractivity contribution in [1.29, 1.82) is 0 Å². The van der Waals surface area contributed by atoms with Gasteiger partial charge in [-0.25, -0.2) is 4.98 Å². The molecule has 0 spiro atoms. The van der Waals surface area contributed by atoms with E-state index < -0.39 is 0 Å². The van der Waals surface area contributed by atoms with E-state index in [4.69, 9.17) is 21.1 Å². The molecule has 0 aliphatic heterocycles. The summed E-state index contributed by atoms with van der Waals surface area (Å²) in [5.41, 5.74) is 0. The summed E-state index contributed by atoms with van der Waals surface area (Å²) >= 11 is 6.07. The number of ether oxygens (including phenoxy) is 2. The van der Waals surface area contributed by atoms with Crippen LogP contribution in [0, 0.1) is 0 Å². The van der Waals surface area contributed by atoms with E-state index in [0.29, 0.717) is 29.7 Å². The Morgan fingerprint density at radius 3 is 2.84 bits per heavy atom. The number of hydrogen-bond acceptors (Lipinski definition) is 4. The van der Waals surface area contributed by atoms with E-state index in [2.05, 4.69) is 10.3 Å². The molecule has 0 fully saturated rings. The number of nitrogens with one attached hydrogen (secondary N) is 1. The van der Waals surface area contributed by atoms with Crippen LogP contribution in [-0.2, 0) is 0 Å². The lowest BCUT2D eigenvalue weighted by molar-refractivity contribution is 0.332. The lowest BCUT2D eigenvalue weighted by atomic mass is 10.3. The minimum Gasteiger partial charge on any atom is -0.497 e. The number of aromatic nitrogens is 1. The van der Waals surface area contributed by atoms with Gasteiger partial charge < -0.3 is 14.8 Å². The van der Waals surface area contributed by atoms with Crippen LogP contribution in [0.3, 0.4) is 0 Å². The van der Waals surface area contributed by atoms with Gasteiger partial charge in [-0.2, -0.15) is 0 Å². The minimum atomic E-state index is 0.503. The Hall–Kier alpha value is -1.94. The maximum absolute atomic E-state index is 6.07. The molecule has 0 aliphatic carbocycles. The second kappa shape index (κ2) is 6.85. The second-order valence-electron chi connectivity index (χ2n) is 3.79. The quantitative estimate of drug-likeness (QED) is 0.824. The summed E-state index contributed by atoms with van der Waals surface area (Å²) in [6.07, 6.45) is 1.74. The van der Waals surface area contributed by atoms with Crippen molar-refractivity contribution < 1.29 is 9.47 Å². The number of pyridine rings is 1. The fraction of sp³-hybridized carbons (Fsp3) is 0.214. The van der Waals surface area contributed by atoms with Gasteiger partial charge in [-0.3, -0.25) is 0 Å². The molecule has 100 valence electrons. The third-order valence-electron chi connectivity index (χ3n) is 2.47. The molecular weight excluding hydrogens is 264 g/mol. The molecule has 19 heavy (non-hydrogen) atoms. The Balaban J connectivity index is 1.80. The van der Waals surface area contributed by atoms with Gasteiger partial charge >= 0.3 is 0 Å². The lowest BCUT2D eigenvalue weighted by Gasteiger charge is -2.10. The molecule has 1 heterocycles. The van der Waals surface area contributed by atoms with Crippen molar-refractivity contribution in [2.45, 2.75) is 0 Å². The smallest absolute Gasteiger partial charge is 0.138 e. The highest BCUT2D eigenvalue weighted by molar-refractivity contribution is 6.32. The van der Waals surface area contributed by atoms with Crippen molar-refractivity contribution in [1.82, 2.24) is 4.98 Å². The van der Waals surface area contributed by atoms with E-state index in [-0.39, 0.29) is 0 Å². The molecule has 2 rings (SSSR count).